The molecule has 4 heteroatoms. The molecule has 4 heavy (non-hydrogen) atoms. The average Bonchev–Trinajstić information content (AvgIpc) is 0. The van der Waals surface area contributed by atoms with Gasteiger partial charge in [0.2, 0.25) is 0 Å². The van der Waals surface area contributed by atoms with E-state index >= 15 is 0 Å². The third kappa shape index (κ3) is 8.97. The second-order valence-corrected chi connectivity index (χ2v) is 0. The minimum Gasteiger partial charge on any atom is 1.00 e. The second kappa shape index (κ2) is 19.8. The van der Waals surface area contributed by atoms with Gasteiger partial charge < -0.3 is 0 Å². The summed E-state index contributed by atoms with van der Waals surface area (Å²) in [5.74, 6) is 0. The van der Waals surface area contributed by atoms with Gasteiger partial charge in [0.15, 0.2) is 0 Å². The molecule has 2 radical (unpaired) electrons. The molecule has 0 rings (SSSR count). The van der Waals surface area contributed by atoms with Gasteiger partial charge in [0, 0.05) is 0 Å². The summed E-state index contributed by atoms with van der Waals surface area (Å²) in [6, 6.07) is 0. The van der Waals surface area contributed by atoms with Gasteiger partial charge in [0.25, 0.3) is 0 Å². The molecule has 0 aliphatic heterocycles. The standard InChI is InChI=1S/Co.Cu.Mn.Ni/q+2;+1;2*+2. The molecule has 0 nitrogen and oxygen atoms in total. The quantitative estimate of drug-likeness (QED) is 0.519. The van der Waals surface area contributed by atoms with Gasteiger partial charge in [-0.1, -0.05) is 0 Å². The third-order valence-electron chi connectivity index (χ3n) is 0. The van der Waals surface area contributed by atoms with Crippen LogP contribution in [0.3, 0.4) is 0 Å². The average molecular weight is 236 g/mol. The van der Waals surface area contributed by atoms with Crippen LogP contribution in [0.15, 0.2) is 0 Å². The second-order valence-electron chi connectivity index (χ2n) is 0. The zero-order valence-corrected chi connectivity index (χ0v) is 5.48. The van der Waals surface area contributed by atoms with Gasteiger partial charge in [-0.05, 0) is 0 Å². The Morgan fingerprint density at radius 2 is 1.00 bits per heavy atom. The summed E-state index contributed by atoms with van der Waals surface area (Å²) in [6.07, 6.45) is 0. The minimum absolute atomic E-state index is 0. The van der Waals surface area contributed by atoms with Crippen LogP contribution in [0.5, 0.6) is 0 Å². The Hall–Kier alpha value is 2.04. The molecule has 0 bridgehead atoms. The van der Waals surface area contributed by atoms with E-state index in [2.05, 4.69) is 0 Å². The van der Waals surface area contributed by atoms with E-state index in [1.807, 2.05) is 0 Å². The fraction of sp³-hybridized carbons (Fsp3) is 0. The third-order valence-corrected chi connectivity index (χ3v) is 0. The largest absolute Gasteiger partial charge is 2.00 e. The molecule has 0 aliphatic carbocycles. The molecule has 0 fully saturated rings. The van der Waals surface area contributed by atoms with Crippen LogP contribution >= 0.6 is 0 Å². The van der Waals surface area contributed by atoms with Gasteiger partial charge in [-0.3, -0.25) is 0 Å². The zero-order chi connectivity index (χ0) is 0. The van der Waals surface area contributed by atoms with Gasteiger partial charge >= 0.3 is 67.4 Å². The molecule has 0 saturated heterocycles. The molecule has 0 spiro atoms. The van der Waals surface area contributed by atoms with Gasteiger partial charge in [0.05, 0.1) is 0 Å². The van der Waals surface area contributed by atoms with E-state index in [0.29, 0.717) is 0 Å². The van der Waals surface area contributed by atoms with Crippen molar-refractivity contribution in [2.24, 2.45) is 0 Å². The molecule has 0 heterocycles. The van der Waals surface area contributed by atoms with Gasteiger partial charge in [-0.2, -0.15) is 0 Å². The molecule has 0 atom stereocenters. The van der Waals surface area contributed by atoms with Gasteiger partial charge in [-0.15, -0.1) is 0 Å². The van der Waals surface area contributed by atoms with E-state index < -0.39 is 0 Å². The summed E-state index contributed by atoms with van der Waals surface area (Å²) in [5, 5.41) is 0. The van der Waals surface area contributed by atoms with Crippen LogP contribution in [0.1, 0.15) is 0 Å². The molecule has 0 aromatic carbocycles. The Bertz CT molecular complexity index is 8.00. The van der Waals surface area contributed by atoms with Crippen LogP contribution in [0.2, 0.25) is 0 Å². The first-order valence-electron chi connectivity index (χ1n) is 0. The first-order valence-corrected chi connectivity index (χ1v) is 0. The fourth-order valence-electron chi connectivity index (χ4n) is 0. The molecule has 0 amide bonds. The van der Waals surface area contributed by atoms with E-state index in [4.69, 9.17) is 0 Å². The van der Waals surface area contributed by atoms with Crippen molar-refractivity contribution in [2.75, 3.05) is 0 Å². The van der Waals surface area contributed by atoms with Crippen LogP contribution in [0.25, 0.3) is 0 Å². The molecule has 0 aromatic heterocycles. The maximum absolute atomic E-state index is 0. The van der Waals surface area contributed by atoms with Crippen molar-refractivity contribution in [3.8, 4) is 0 Å². The predicted molar refractivity (Wildman–Crippen MR) is 0 cm³/mol. The van der Waals surface area contributed by atoms with Crippen molar-refractivity contribution in [3.05, 3.63) is 0 Å². The van der Waals surface area contributed by atoms with E-state index in [1.165, 1.54) is 0 Å². The van der Waals surface area contributed by atoms with Gasteiger partial charge in [0.1, 0.15) is 0 Å². The topological polar surface area (TPSA) is 0 Å². The Kier molecular flexibility index (Phi) is 182. The predicted octanol–water partition coefficient (Wildman–Crippen LogP) is -0.0100. The Morgan fingerprint density at radius 1 is 1.00 bits per heavy atom. The van der Waals surface area contributed by atoms with E-state index in [1.54, 1.807) is 0 Å². The summed E-state index contributed by atoms with van der Waals surface area (Å²) >= 11 is 0. The van der Waals surface area contributed by atoms with Crippen molar-refractivity contribution in [1.82, 2.24) is 0 Å². The smallest absolute Gasteiger partial charge is 1.00 e. The molecule has 0 aromatic rings. The van der Waals surface area contributed by atoms with Crippen LogP contribution in [0, 0.1) is 0 Å². The molecule has 0 N–H and O–H groups in total. The number of hydrogen-bond acceptors (Lipinski definition) is 0. The van der Waals surface area contributed by atoms with Crippen LogP contribution < -0.4 is 0 Å². The maximum atomic E-state index is 0. The van der Waals surface area contributed by atoms with Gasteiger partial charge in [-0.25, -0.2) is 0 Å². The number of hydrogen-bond donors (Lipinski definition) is 0. The first-order chi connectivity index (χ1) is 0. The zero-order valence-electron chi connectivity index (χ0n) is 1.33. The van der Waals surface area contributed by atoms with E-state index in [9.17, 15) is 0 Å². The SMILES string of the molecule is [Co+2].[Cu+].[Mn+2].[Ni+2]. The number of rotatable bonds is 0. The molecule has 0 saturated carbocycles. The van der Waals surface area contributed by atoms with Crippen molar-refractivity contribution < 1.29 is 67.4 Å². The van der Waals surface area contributed by atoms with Crippen molar-refractivity contribution in [3.63, 3.8) is 0 Å². The molecule has 0 unspecified atom stereocenters. The molecular formula is CoCuMnNi+7. The maximum Gasteiger partial charge on any atom is 2.00 e. The Balaban J connectivity index is 0. The van der Waals surface area contributed by atoms with Crippen molar-refractivity contribution in [1.29, 1.82) is 0 Å². The monoisotopic (exact) mass is 235 g/mol. The summed E-state index contributed by atoms with van der Waals surface area (Å²) < 4.78 is 0. The van der Waals surface area contributed by atoms with E-state index in [-0.39, 0.29) is 67.4 Å². The summed E-state index contributed by atoms with van der Waals surface area (Å²) in [6.45, 7) is 0. The normalized spacial score (nSPS) is 0. The fourth-order valence-corrected chi connectivity index (χ4v) is 0. The van der Waals surface area contributed by atoms with Crippen LogP contribution in [-0.2, 0) is 67.4 Å². The first kappa shape index (κ1) is 36.9. The van der Waals surface area contributed by atoms with Crippen molar-refractivity contribution >= 4 is 0 Å². The molecule has 30 valence electrons. The molecular weight excluding hydrogens is 236 g/mol. The summed E-state index contributed by atoms with van der Waals surface area (Å²) in [7, 11) is 0. The Morgan fingerprint density at radius 3 is 1.00 bits per heavy atom. The van der Waals surface area contributed by atoms with Crippen LogP contribution in [0.4, 0.5) is 0 Å². The Labute approximate surface area is 66.9 Å². The van der Waals surface area contributed by atoms with E-state index in [0.717, 1.165) is 0 Å². The van der Waals surface area contributed by atoms with Crippen LogP contribution in [-0.4, -0.2) is 0 Å². The minimum atomic E-state index is 0. The summed E-state index contributed by atoms with van der Waals surface area (Å²) in [4.78, 5) is 0. The molecule has 0 aliphatic rings. The summed E-state index contributed by atoms with van der Waals surface area (Å²) in [5.41, 5.74) is 0. The van der Waals surface area contributed by atoms with Crippen molar-refractivity contribution in [2.45, 2.75) is 0 Å².